The number of para-hydroxylation sites is 1. The molecule has 154 valence electrons. The summed E-state index contributed by atoms with van der Waals surface area (Å²) in [6.45, 7) is 7.46. The first-order chi connectivity index (χ1) is 14.1. The fraction of sp³-hybridized carbons (Fsp3) is 0.500. The standard InChI is InChI=1S/C22H29N5O2/c1-3-10-25(2)22(28)21-15-26-11-9-17(21)12-19(26)14-27-13-18(23-24-27)16-29-20-7-5-4-6-8-20/h3-8,13,17,19,21H,1,9-12,14-16H2,2H3/t17-,19-,21-/m1/s1. The van der Waals surface area contributed by atoms with Gasteiger partial charge < -0.3 is 9.64 Å². The van der Waals surface area contributed by atoms with Gasteiger partial charge >= 0.3 is 0 Å². The molecule has 2 aromatic rings. The van der Waals surface area contributed by atoms with Crippen LogP contribution in [0.15, 0.2) is 49.2 Å². The molecule has 7 heteroatoms. The molecule has 1 amide bonds. The lowest BCUT2D eigenvalue weighted by molar-refractivity contribution is -0.142. The van der Waals surface area contributed by atoms with E-state index in [4.69, 9.17) is 4.74 Å². The number of likely N-dealkylation sites (N-methyl/N-ethyl adjacent to an activating group) is 1. The predicted octanol–water partition coefficient (Wildman–Crippen LogP) is 2.21. The third kappa shape index (κ3) is 4.50. The first kappa shape index (κ1) is 19.6. The van der Waals surface area contributed by atoms with Gasteiger partial charge in [-0.25, -0.2) is 0 Å². The molecule has 3 fully saturated rings. The second-order valence-corrected chi connectivity index (χ2v) is 8.08. The van der Waals surface area contributed by atoms with Crippen LogP contribution in [0.1, 0.15) is 18.5 Å². The van der Waals surface area contributed by atoms with Crippen LogP contribution in [0.25, 0.3) is 0 Å². The number of rotatable bonds is 8. The van der Waals surface area contributed by atoms with E-state index in [1.54, 1.807) is 11.0 Å². The molecule has 3 aliphatic rings. The zero-order valence-corrected chi connectivity index (χ0v) is 17.0. The second kappa shape index (κ2) is 8.78. The van der Waals surface area contributed by atoms with E-state index in [1.807, 2.05) is 48.3 Å². The van der Waals surface area contributed by atoms with Gasteiger partial charge in [0.2, 0.25) is 5.91 Å². The molecule has 29 heavy (non-hydrogen) atoms. The molecule has 7 nitrogen and oxygen atoms in total. The van der Waals surface area contributed by atoms with Crippen LogP contribution in [0.5, 0.6) is 5.75 Å². The zero-order chi connectivity index (χ0) is 20.2. The number of ether oxygens (including phenoxy) is 1. The minimum absolute atomic E-state index is 0.107. The van der Waals surface area contributed by atoms with Crippen molar-refractivity contribution in [3.63, 3.8) is 0 Å². The van der Waals surface area contributed by atoms with Crippen molar-refractivity contribution in [2.24, 2.45) is 11.8 Å². The van der Waals surface area contributed by atoms with E-state index in [9.17, 15) is 4.79 Å². The highest BCUT2D eigenvalue weighted by atomic mass is 16.5. The Labute approximate surface area is 171 Å². The maximum atomic E-state index is 12.7. The molecule has 2 bridgehead atoms. The molecule has 0 saturated carbocycles. The van der Waals surface area contributed by atoms with Gasteiger partial charge in [-0.3, -0.25) is 14.4 Å². The molecule has 1 aromatic carbocycles. The van der Waals surface area contributed by atoms with E-state index in [0.29, 0.717) is 25.1 Å². The Bertz CT molecular complexity index is 837. The van der Waals surface area contributed by atoms with E-state index in [-0.39, 0.29) is 11.8 Å². The number of carbonyl (C=O) groups is 1. The molecular formula is C22H29N5O2. The van der Waals surface area contributed by atoms with E-state index >= 15 is 0 Å². The summed E-state index contributed by atoms with van der Waals surface area (Å²) in [4.78, 5) is 17.0. The number of aromatic nitrogens is 3. The van der Waals surface area contributed by atoms with Crippen molar-refractivity contribution in [3.8, 4) is 5.75 Å². The summed E-state index contributed by atoms with van der Waals surface area (Å²) in [5.41, 5.74) is 0.823. The Balaban J connectivity index is 1.32. The number of hydrogen-bond acceptors (Lipinski definition) is 5. The van der Waals surface area contributed by atoms with Crippen LogP contribution in [-0.2, 0) is 17.9 Å². The summed E-state index contributed by atoms with van der Waals surface area (Å²) in [6.07, 6.45) is 5.88. The average Bonchev–Trinajstić information content (AvgIpc) is 3.20. The molecule has 3 saturated heterocycles. The lowest BCUT2D eigenvalue weighted by atomic mass is 9.75. The number of benzene rings is 1. The molecule has 5 rings (SSSR count). The smallest absolute Gasteiger partial charge is 0.227 e. The monoisotopic (exact) mass is 395 g/mol. The number of hydrogen-bond donors (Lipinski definition) is 0. The third-order valence-electron chi connectivity index (χ3n) is 6.09. The molecule has 4 heterocycles. The lowest BCUT2D eigenvalue weighted by Gasteiger charge is -2.49. The van der Waals surface area contributed by atoms with Crippen molar-refractivity contribution in [2.75, 3.05) is 26.7 Å². The highest BCUT2D eigenvalue weighted by Crippen LogP contribution is 2.37. The molecule has 1 aromatic heterocycles. The largest absolute Gasteiger partial charge is 0.487 e. The lowest BCUT2D eigenvalue weighted by Crippen LogP contribution is -2.58. The Morgan fingerprint density at radius 1 is 1.38 bits per heavy atom. The van der Waals surface area contributed by atoms with Crippen molar-refractivity contribution in [1.29, 1.82) is 0 Å². The number of carbonyl (C=O) groups excluding carboxylic acids is 1. The number of piperidine rings is 3. The van der Waals surface area contributed by atoms with Crippen molar-refractivity contribution in [2.45, 2.75) is 32.0 Å². The fourth-order valence-corrected chi connectivity index (χ4v) is 4.56. The van der Waals surface area contributed by atoms with Gasteiger partial charge in [-0.05, 0) is 37.4 Å². The minimum Gasteiger partial charge on any atom is -0.487 e. The predicted molar refractivity (Wildman–Crippen MR) is 110 cm³/mol. The van der Waals surface area contributed by atoms with E-state index < -0.39 is 0 Å². The van der Waals surface area contributed by atoms with Gasteiger partial charge in [0.05, 0.1) is 18.7 Å². The first-order valence-electron chi connectivity index (χ1n) is 10.3. The Hall–Kier alpha value is -2.67. The molecule has 0 aliphatic carbocycles. The Morgan fingerprint density at radius 2 is 2.21 bits per heavy atom. The maximum absolute atomic E-state index is 12.7. The van der Waals surface area contributed by atoms with Crippen LogP contribution in [0, 0.1) is 11.8 Å². The molecule has 3 aliphatic heterocycles. The Kier molecular flexibility index (Phi) is 5.94. The quantitative estimate of drug-likeness (QED) is 0.642. The molecule has 0 radical (unpaired) electrons. The summed E-state index contributed by atoms with van der Waals surface area (Å²) in [5, 5.41) is 8.53. The van der Waals surface area contributed by atoms with Gasteiger partial charge in [-0.15, -0.1) is 11.7 Å². The van der Waals surface area contributed by atoms with Gasteiger partial charge in [0, 0.05) is 26.2 Å². The van der Waals surface area contributed by atoms with Gasteiger partial charge in [0.15, 0.2) is 0 Å². The van der Waals surface area contributed by atoms with Crippen LogP contribution in [0.2, 0.25) is 0 Å². The first-order valence-corrected chi connectivity index (χ1v) is 10.3. The number of nitrogens with zero attached hydrogens (tertiary/aromatic N) is 5. The normalized spacial score (nSPS) is 25.6. The van der Waals surface area contributed by atoms with Gasteiger partial charge in [0.1, 0.15) is 18.1 Å². The summed E-state index contributed by atoms with van der Waals surface area (Å²) < 4.78 is 7.66. The highest BCUT2D eigenvalue weighted by Gasteiger charge is 2.43. The summed E-state index contributed by atoms with van der Waals surface area (Å²) in [7, 11) is 1.87. The SMILES string of the molecule is C=CCN(C)C(=O)[C@@H]1CN2CC[C@@H]1C[C@@H]2Cn1cc(COc2ccccc2)nn1. The van der Waals surface area contributed by atoms with Crippen molar-refractivity contribution >= 4 is 5.91 Å². The van der Waals surface area contributed by atoms with Crippen LogP contribution in [0.3, 0.4) is 0 Å². The van der Waals surface area contributed by atoms with Crippen molar-refractivity contribution < 1.29 is 9.53 Å². The van der Waals surface area contributed by atoms with Crippen LogP contribution in [0.4, 0.5) is 0 Å². The molecule has 4 atom stereocenters. The molecule has 1 unspecified atom stereocenters. The third-order valence-corrected chi connectivity index (χ3v) is 6.09. The number of amides is 1. The maximum Gasteiger partial charge on any atom is 0.227 e. The van der Waals surface area contributed by atoms with E-state index in [2.05, 4.69) is 21.8 Å². The fourth-order valence-electron chi connectivity index (χ4n) is 4.56. The van der Waals surface area contributed by atoms with E-state index in [1.165, 1.54) is 0 Å². The molecule has 0 spiro atoms. The van der Waals surface area contributed by atoms with Crippen molar-refractivity contribution in [1.82, 2.24) is 24.8 Å². The topological polar surface area (TPSA) is 63.5 Å². The van der Waals surface area contributed by atoms with Gasteiger partial charge in [-0.2, -0.15) is 0 Å². The van der Waals surface area contributed by atoms with Crippen molar-refractivity contribution in [3.05, 3.63) is 54.9 Å². The minimum atomic E-state index is 0.107. The van der Waals surface area contributed by atoms with Crippen LogP contribution in [-0.4, -0.2) is 63.4 Å². The Morgan fingerprint density at radius 3 is 2.93 bits per heavy atom. The average molecular weight is 396 g/mol. The summed E-state index contributed by atoms with van der Waals surface area (Å²) in [6, 6.07) is 10.1. The molecule has 0 N–H and O–H groups in total. The van der Waals surface area contributed by atoms with Gasteiger partial charge in [-0.1, -0.05) is 29.5 Å². The summed E-state index contributed by atoms with van der Waals surface area (Å²) >= 11 is 0. The second-order valence-electron chi connectivity index (χ2n) is 8.08. The van der Waals surface area contributed by atoms with E-state index in [0.717, 1.165) is 43.9 Å². The highest BCUT2D eigenvalue weighted by molar-refractivity contribution is 5.79. The number of fused-ring (bicyclic) bond motifs is 3. The van der Waals surface area contributed by atoms with Crippen LogP contribution < -0.4 is 4.74 Å². The summed E-state index contributed by atoms with van der Waals surface area (Å²) in [5.74, 6) is 1.64. The zero-order valence-electron chi connectivity index (χ0n) is 17.0. The van der Waals surface area contributed by atoms with Gasteiger partial charge in [0.25, 0.3) is 0 Å². The molecular weight excluding hydrogens is 366 g/mol. The van der Waals surface area contributed by atoms with Crippen LogP contribution >= 0.6 is 0 Å².